The molecule has 4 aromatic rings. The van der Waals surface area contributed by atoms with E-state index >= 15 is 0 Å². The third kappa shape index (κ3) is 4.11. The highest BCUT2D eigenvalue weighted by Gasteiger charge is 2.15. The van der Waals surface area contributed by atoms with Gasteiger partial charge in [0.2, 0.25) is 0 Å². The van der Waals surface area contributed by atoms with E-state index in [9.17, 15) is 4.79 Å². The lowest BCUT2D eigenvalue weighted by Crippen LogP contribution is -2.08. The first kappa shape index (κ1) is 19.8. The third-order valence-corrected chi connectivity index (χ3v) is 5.02. The van der Waals surface area contributed by atoms with Gasteiger partial charge in [0.05, 0.1) is 19.9 Å². The Morgan fingerprint density at radius 3 is 2.77 bits per heavy atom. The van der Waals surface area contributed by atoms with Crippen molar-refractivity contribution in [2.45, 2.75) is 20.1 Å². The molecule has 0 bridgehead atoms. The Balaban J connectivity index is 1.57. The Hall–Kier alpha value is -3.45. The molecule has 0 atom stereocenters. The average Bonchev–Trinajstić information content (AvgIpc) is 3.08. The second-order valence-corrected chi connectivity index (χ2v) is 7.09. The van der Waals surface area contributed by atoms with Gasteiger partial charge in [0.15, 0.2) is 11.3 Å². The zero-order valence-electron chi connectivity index (χ0n) is 16.5. The maximum atomic E-state index is 11.8. The zero-order chi connectivity index (χ0) is 21.1. The molecule has 152 valence electrons. The molecule has 0 amide bonds. The van der Waals surface area contributed by atoms with E-state index in [1.54, 1.807) is 24.5 Å². The summed E-state index contributed by atoms with van der Waals surface area (Å²) >= 11 is 6.54. The predicted octanol–water partition coefficient (Wildman–Crippen LogP) is 4.20. The van der Waals surface area contributed by atoms with Crippen molar-refractivity contribution in [1.82, 2.24) is 19.5 Å². The highest BCUT2D eigenvalue weighted by atomic mass is 35.5. The number of hydrogen-bond acceptors (Lipinski definition) is 6. The molecule has 0 aliphatic heterocycles. The van der Waals surface area contributed by atoms with Gasteiger partial charge < -0.3 is 14.0 Å². The number of carbonyl (C=O) groups is 1. The summed E-state index contributed by atoms with van der Waals surface area (Å²) in [4.78, 5) is 24.8. The predicted molar refractivity (Wildman–Crippen MR) is 113 cm³/mol. The molecule has 30 heavy (non-hydrogen) atoms. The van der Waals surface area contributed by atoms with Crippen LogP contribution in [0.1, 0.15) is 27.4 Å². The van der Waals surface area contributed by atoms with Crippen LogP contribution in [0.2, 0.25) is 5.02 Å². The molecule has 8 heteroatoms. The van der Waals surface area contributed by atoms with Crippen LogP contribution >= 0.6 is 11.6 Å². The van der Waals surface area contributed by atoms with Gasteiger partial charge in [-0.2, -0.15) is 0 Å². The second-order valence-electron chi connectivity index (χ2n) is 6.68. The minimum Gasteiger partial charge on any atom is -0.487 e. The quantitative estimate of drug-likeness (QED) is 0.433. The summed E-state index contributed by atoms with van der Waals surface area (Å²) in [5, 5.41) is 0.618. The lowest BCUT2D eigenvalue weighted by Gasteiger charge is -2.11. The van der Waals surface area contributed by atoms with Gasteiger partial charge in [0, 0.05) is 11.2 Å². The van der Waals surface area contributed by atoms with Gasteiger partial charge in [0.25, 0.3) is 0 Å². The Labute approximate surface area is 178 Å². The van der Waals surface area contributed by atoms with Crippen LogP contribution in [0.5, 0.6) is 5.75 Å². The van der Waals surface area contributed by atoms with Gasteiger partial charge in [-0.05, 0) is 48.4 Å². The maximum absolute atomic E-state index is 11.8. The fraction of sp³-hybridized carbons (Fsp3) is 0.182. The molecular formula is C22H19ClN4O3. The summed E-state index contributed by atoms with van der Waals surface area (Å²) in [6, 6.07) is 12.9. The standard InChI is InChI=1S/C22H19ClN4O3/c1-14-25-19-7-8-20(22(28)29-2)26-21(19)27(14)12-16-6-5-15(10-18(16)23)13-30-17-4-3-9-24-11-17/h3-11H,12-13H2,1-2H3. The fourth-order valence-corrected chi connectivity index (χ4v) is 3.36. The van der Waals surface area contributed by atoms with E-state index in [4.69, 9.17) is 21.1 Å². The van der Waals surface area contributed by atoms with E-state index < -0.39 is 5.97 Å². The van der Waals surface area contributed by atoms with Crippen LogP contribution in [0.4, 0.5) is 0 Å². The fourth-order valence-electron chi connectivity index (χ4n) is 3.10. The molecule has 0 saturated heterocycles. The zero-order valence-corrected chi connectivity index (χ0v) is 17.3. The SMILES string of the molecule is COC(=O)c1ccc2nc(C)n(Cc3ccc(COc4cccnc4)cc3Cl)c2n1. The molecule has 1 aromatic carbocycles. The minimum absolute atomic E-state index is 0.236. The molecule has 0 unspecified atom stereocenters. The molecule has 0 aliphatic carbocycles. The van der Waals surface area contributed by atoms with Gasteiger partial charge in [-0.15, -0.1) is 0 Å². The average molecular weight is 423 g/mol. The van der Waals surface area contributed by atoms with Crippen LogP contribution in [0, 0.1) is 6.92 Å². The van der Waals surface area contributed by atoms with Gasteiger partial charge in [-0.1, -0.05) is 23.7 Å². The van der Waals surface area contributed by atoms with Crippen LogP contribution in [0.25, 0.3) is 11.2 Å². The molecule has 0 N–H and O–H groups in total. The van der Waals surface area contributed by atoms with Crippen molar-refractivity contribution in [2.24, 2.45) is 0 Å². The number of fused-ring (bicyclic) bond motifs is 1. The molecule has 0 aliphatic rings. The van der Waals surface area contributed by atoms with Crippen LogP contribution < -0.4 is 4.74 Å². The number of halogens is 1. The van der Waals surface area contributed by atoms with Crippen LogP contribution in [-0.4, -0.2) is 32.6 Å². The number of carbonyl (C=O) groups excluding carboxylic acids is 1. The number of methoxy groups -OCH3 is 1. The monoisotopic (exact) mass is 422 g/mol. The van der Waals surface area contributed by atoms with E-state index in [-0.39, 0.29) is 5.69 Å². The van der Waals surface area contributed by atoms with E-state index in [0.29, 0.717) is 35.1 Å². The third-order valence-electron chi connectivity index (χ3n) is 4.66. The van der Waals surface area contributed by atoms with Crippen molar-refractivity contribution in [3.05, 3.63) is 82.5 Å². The summed E-state index contributed by atoms with van der Waals surface area (Å²) in [6.45, 7) is 2.76. The first-order valence-electron chi connectivity index (χ1n) is 9.27. The summed E-state index contributed by atoms with van der Waals surface area (Å²) in [5.41, 5.74) is 3.41. The van der Waals surface area contributed by atoms with Crippen molar-refractivity contribution in [1.29, 1.82) is 0 Å². The topological polar surface area (TPSA) is 79.1 Å². The van der Waals surface area contributed by atoms with E-state index in [0.717, 1.165) is 17.0 Å². The van der Waals surface area contributed by atoms with Crippen LogP contribution in [-0.2, 0) is 17.9 Å². The van der Waals surface area contributed by atoms with Crippen molar-refractivity contribution in [3.8, 4) is 5.75 Å². The Morgan fingerprint density at radius 2 is 2.03 bits per heavy atom. The number of esters is 1. The number of nitrogens with zero attached hydrogens (tertiary/aromatic N) is 4. The minimum atomic E-state index is -0.488. The molecule has 0 fully saturated rings. The molecule has 0 saturated carbocycles. The van der Waals surface area contributed by atoms with E-state index in [1.165, 1.54) is 7.11 Å². The van der Waals surface area contributed by atoms with Crippen LogP contribution in [0.3, 0.4) is 0 Å². The molecule has 3 aromatic heterocycles. The van der Waals surface area contributed by atoms with E-state index in [2.05, 4.69) is 15.0 Å². The number of rotatable bonds is 6. The van der Waals surface area contributed by atoms with Gasteiger partial charge in [-0.25, -0.2) is 14.8 Å². The molecule has 4 rings (SSSR count). The number of hydrogen-bond donors (Lipinski definition) is 0. The first-order chi connectivity index (χ1) is 14.5. The Bertz CT molecular complexity index is 1210. The van der Waals surface area contributed by atoms with Crippen molar-refractivity contribution >= 4 is 28.7 Å². The summed E-state index contributed by atoms with van der Waals surface area (Å²) in [5.74, 6) is 0.989. The number of benzene rings is 1. The molecule has 0 spiro atoms. The van der Waals surface area contributed by atoms with Gasteiger partial charge in [-0.3, -0.25) is 4.98 Å². The lowest BCUT2D eigenvalue weighted by molar-refractivity contribution is 0.0594. The largest absolute Gasteiger partial charge is 0.487 e. The number of ether oxygens (including phenoxy) is 2. The first-order valence-corrected chi connectivity index (χ1v) is 9.65. The summed E-state index contributed by atoms with van der Waals surface area (Å²) < 4.78 is 12.4. The van der Waals surface area contributed by atoms with Crippen molar-refractivity contribution in [3.63, 3.8) is 0 Å². The highest BCUT2D eigenvalue weighted by molar-refractivity contribution is 6.31. The Kier molecular flexibility index (Phi) is 5.63. The second kappa shape index (κ2) is 8.51. The highest BCUT2D eigenvalue weighted by Crippen LogP contribution is 2.23. The van der Waals surface area contributed by atoms with Gasteiger partial charge in [0.1, 0.15) is 23.7 Å². The number of imidazole rings is 1. The summed E-state index contributed by atoms with van der Waals surface area (Å²) in [6.07, 6.45) is 3.36. The number of aryl methyl sites for hydroxylation is 1. The smallest absolute Gasteiger partial charge is 0.356 e. The maximum Gasteiger partial charge on any atom is 0.356 e. The van der Waals surface area contributed by atoms with E-state index in [1.807, 2.05) is 41.8 Å². The molecule has 0 radical (unpaired) electrons. The normalized spacial score (nSPS) is 10.9. The number of pyridine rings is 2. The summed E-state index contributed by atoms with van der Waals surface area (Å²) in [7, 11) is 1.33. The molecular weight excluding hydrogens is 404 g/mol. The van der Waals surface area contributed by atoms with Crippen molar-refractivity contribution < 1.29 is 14.3 Å². The van der Waals surface area contributed by atoms with Crippen molar-refractivity contribution in [2.75, 3.05) is 7.11 Å². The molecule has 3 heterocycles. The number of aromatic nitrogens is 4. The lowest BCUT2D eigenvalue weighted by atomic mass is 10.1. The Morgan fingerprint density at radius 1 is 1.17 bits per heavy atom. The van der Waals surface area contributed by atoms with Gasteiger partial charge >= 0.3 is 5.97 Å². The van der Waals surface area contributed by atoms with Crippen LogP contribution in [0.15, 0.2) is 54.9 Å². The molecule has 7 nitrogen and oxygen atoms in total.